The lowest BCUT2D eigenvalue weighted by Crippen LogP contribution is -2.31. The Morgan fingerprint density at radius 3 is 2.05 bits per heavy atom. The van der Waals surface area contributed by atoms with E-state index in [-0.39, 0.29) is 29.9 Å². The number of carbonyl (C=O) groups is 1. The van der Waals surface area contributed by atoms with Gasteiger partial charge in [0.1, 0.15) is 5.76 Å². The van der Waals surface area contributed by atoms with Crippen molar-refractivity contribution >= 4 is 15.7 Å². The molecule has 1 amide bonds. The summed E-state index contributed by atoms with van der Waals surface area (Å²) in [5.74, 6) is 0.265. The number of aromatic nitrogens is 2. The summed E-state index contributed by atoms with van der Waals surface area (Å²) in [5, 5.41) is -0.0229. The van der Waals surface area contributed by atoms with E-state index in [4.69, 9.17) is 4.42 Å². The largest absolute Gasteiger partial charge is 0.467 e. The van der Waals surface area contributed by atoms with Crippen LogP contribution in [0, 0.1) is 0 Å². The zero-order chi connectivity index (χ0) is 26.4. The second kappa shape index (κ2) is 11.3. The Morgan fingerprint density at radius 1 is 0.789 bits per heavy atom. The van der Waals surface area contributed by atoms with E-state index in [1.807, 2.05) is 72.8 Å². The van der Waals surface area contributed by atoms with Crippen LogP contribution < -0.4 is 0 Å². The minimum atomic E-state index is -3.77. The van der Waals surface area contributed by atoms with Gasteiger partial charge in [0.05, 0.1) is 43.5 Å². The molecule has 0 unspecified atom stereocenters. The fourth-order valence-electron chi connectivity index (χ4n) is 4.31. The van der Waals surface area contributed by atoms with Crippen molar-refractivity contribution in [3.05, 3.63) is 144 Å². The van der Waals surface area contributed by atoms with Crippen molar-refractivity contribution in [3.63, 3.8) is 0 Å². The first-order valence-electron chi connectivity index (χ1n) is 12.2. The molecule has 8 heteroatoms. The van der Waals surface area contributed by atoms with E-state index in [0.29, 0.717) is 29.1 Å². The monoisotopic (exact) mass is 525 g/mol. The van der Waals surface area contributed by atoms with E-state index < -0.39 is 9.84 Å². The zero-order valence-electron chi connectivity index (χ0n) is 20.7. The minimum Gasteiger partial charge on any atom is -0.467 e. The standard InChI is InChI=1S/C30H27N3O4S/c34-29(26-15-8-3-9-16-26)32(22-28-17-10-18-37-28)21-27-19-31-30(33(27)20-24-11-4-1-5-12-24)38(35,36)23-25-13-6-2-7-14-25/h1-19H,20-23H2. The highest BCUT2D eigenvalue weighted by Crippen LogP contribution is 2.22. The Labute approximate surface area is 221 Å². The molecule has 0 bridgehead atoms. The fourth-order valence-corrected chi connectivity index (χ4v) is 5.80. The third kappa shape index (κ3) is 5.92. The van der Waals surface area contributed by atoms with Gasteiger partial charge in [0, 0.05) is 5.56 Å². The number of sulfone groups is 1. The molecule has 0 aliphatic heterocycles. The average Bonchev–Trinajstić information content (AvgIpc) is 3.60. The van der Waals surface area contributed by atoms with Crippen LogP contribution in [0.15, 0.2) is 125 Å². The first-order valence-corrected chi connectivity index (χ1v) is 13.9. The summed E-state index contributed by atoms with van der Waals surface area (Å²) < 4.78 is 34.3. The van der Waals surface area contributed by atoms with Crippen LogP contribution in [0.2, 0.25) is 0 Å². The van der Waals surface area contributed by atoms with Gasteiger partial charge in [-0.1, -0.05) is 78.9 Å². The number of imidazole rings is 1. The van der Waals surface area contributed by atoms with Crippen molar-refractivity contribution in [1.29, 1.82) is 0 Å². The normalized spacial score (nSPS) is 11.4. The van der Waals surface area contributed by atoms with Crippen molar-refractivity contribution in [3.8, 4) is 0 Å². The second-order valence-electron chi connectivity index (χ2n) is 8.96. The number of rotatable bonds is 10. The van der Waals surface area contributed by atoms with Crippen LogP contribution in [0.3, 0.4) is 0 Å². The Hall–Kier alpha value is -4.43. The smallest absolute Gasteiger partial charge is 0.254 e. The molecular formula is C30H27N3O4S. The lowest BCUT2D eigenvalue weighted by Gasteiger charge is -2.23. The highest BCUT2D eigenvalue weighted by Gasteiger charge is 2.26. The molecule has 0 aliphatic rings. The Balaban J connectivity index is 1.53. The maximum absolute atomic E-state index is 13.5. The third-order valence-electron chi connectivity index (χ3n) is 6.15. The first-order chi connectivity index (χ1) is 18.5. The van der Waals surface area contributed by atoms with E-state index in [9.17, 15) is 13.2 Å². The highest BCUT2D eigenvalue weighted by molar-refractivity contribution is 7.90. The summed E-state index contributed by atoms with van der Waals surface area (Å²) in [4.78, 5) is 19.5. The van der Waals surface area contributed by atoms with Gasteiger partial charge >= 0.3 is 0 Å². The van der Waals surface area contributed by atoms with Gasteiger partial charge in [0.25, 0.3) is 5.91 Å². The van der Waals surface area contributed by atoms with Crippen molar-refractivity contribution in [2.45, 2.75) is 30.5 Å². The van der Waals surface area contributed by atoms with Crippen LogP contribution in [0.4, 0.5) is 0 Å². The number of hydrogen-bond acceptors (Lipinski definition) is 5. The van der Waals surface area contributed by atoms with E-state index >= 15 is 0 Å². The van der Waals surface area contributed by atoms with Gasteiger partial charge in [0.15, 0.2) is 0 Å². The number of furan rings is 1. The van der Waals surface area contributed by atoms with Gasteiger partial charge in [-0.15, -0.1) is 0 Å². The topological polar surface area (TPSA) is 85.4 Å². The molecule has 5 rings (SSSR count). The molecule has 0 fully saturated rings. The molecule has 0 N–H and O–H groups in total. The molecule has 5 aromatic rings. The molecule has 2 aromatic heterocycles. The Bertz CT molecular complexity index is 1580. The number of carbonyl (C=O) groups excluding carboxylic acids is 1. The Morgan fingerprint density at radius 2 is 1.42 bits per heavy atom. The molecule has 7 nitrogen and oxygen atoms in total. The molecule has 0 saturated heterocycles. The van der Waals surface area contributed by atoms with Gasteiger partial charge < -0.3 is 13.9 Å². The summed E-state index contributed by atoms with van der Waals surface area (Å²) in [5.41, 5.74) is 2.75. The maximum Gasteiger partial charge on any atom is 0.254 e. The first kappa shape index (κ1) is 25.2. The summed E-state index contributed by atoms with van der Waals surface area (Å²) in [6.45, 7) is 0.673. The number of hydrogen-bond donors (Lipinski definition) is 0. The lowest BCUT2D eigenvalue weighted by molar-refractivity contribution is 0.0713. The molecule has 0 radical (unpaired) electrons. The van der Waals surface area contributed by atoms with E-state index in [0.717, 1.165) is 5.56 Å². The molecule has 38 heavy (non-hydrogen) atoms. The van der Waals surface area contributed by atoms with Gasteiger partial charge in [-0.25, -0.2) is 13.4 Å². The summed E-state index contributed by atoms with van der Waals surface area (Å²) in [6, 6.07) is 31.2. The van der Waals surface area contributed by atoms with Gasteiger partial charge in [0.2, 0.25) is 15.0 Å². The predicted octanol–water partition coefficient (Wildman–Crippen LogP) is 5.34. The van der Waals surface area contributed by atoms with Crippen molar-refractivity contribution in [2.75, 3.05) is 0 Å². The number of nitrogens with zero attached hydrogens (tertiary/aromatic N) is 3. The molecule has 0 aliphatic carbocycles. The van der Waals surface area contributed by atoms with Gasteiger partial charge in [-0.2, -0.15) is 0 Å². The van der Waals surface area contributed by atoms with Crippen molar-refractivity contribution in [1.82, 2.24) is 14.5 Å². The fraction of sp³-hybridized carbons (Fsp3) is 0.133. The number of benzene rings is 3. The SMILES string of the molecule is O=C(c1ccccc1)N(Cc1ccco1)Cc1cnc(S(=O)(=O)Cc2ccccc2)n1Cc1ccccc1. The molecule has 0 atom stereocenters. The van der Waals surface area contributed by atoms with Crippen LogP contribution in [-0.4, -0.2) is 28.8 Å². The minimum absolute atomic E-state index is 0.0229. The highest BCUT2D eigenvalue weighted by atomic mass is 32.2. The second-order valence-corrected chi connectivity index (χ2v) is 10.8. The average molecular weight is 526 g/mol. The van der Waals surface area contributed by atoms with Gasteiger partial charge in [-0.05, 0) is 35.4 Å². The van der Waals surface area contributed by atoms with Crippen LogP contribution in [0.5, 0.6) is 0 Å². The third-order valence-corrected chi connectivity index (χ3v) is 7.75. The molecule has 0 saturated carbocycles. The molecule has 3 aromatic carbocycles. The molecule has 192 valence electrons. The van der Waals surface area contributed by atoms with E-state index in [1.54, 1.807) is 52.3 Å². The summed E-state index contributed by atoms with van der Waals surface area (Å²) in [6.07, 6.45) is 3.11. The van der Waals surface area contributed by atoms with Crippen LogP contribution >= 0.6 is 0 Å². The zero-order valence-corrected chi connectivity index (χ0v) is 21.5. The lowest BCUT2D eigenvalue weighted by atomic mass is 10.2. The van der Waals surface area contributed by atoms with E-state index in [1.165, 1.54) is 0 Å². The van der Waals surface area contributed by atoms with Crippen LogP contribution in [0.1, 0.15) is 32.9 Å². The maximum atomic E-state index is 13.5. The van der Waals surface area contributed by atoms with E-state index in [2.05, 4.69) is 4.98 Å². The van der Waals surface area contributed by atoms with Crippen LogP contribution in [0.25, 0.3) is 0 Å². The predicted molar refractivity (Wildman–Crippen MR) is 144 cm³/mol. The molecule has 0 spiro atoms. The van der Waals surface area contributed by atoms with Gasteiger partial charge in [-0.3, -0.25) is 4.79 Å². The molecular weight excluding hydrogens is 498 g/mol. The Kier molecular flexibility index (Phi) is 7.51. The number of amides is 1. The van der Waals surface area contributed by atoms with Crippen LogP contribution in [-0.2, 0) is 35.2 Å². The van der Waals surface area contributed by atoms with Crippen molar-refractivity contribution < 1.29 is 17.6 Å². The summed E-state index contributed by atoms with van der Waals surface area (Å²) >= 11 is 0. The molecule has 2 heterocycles. The summed E-state index contributed by atoms with van der Waals surface area (Å²) in [7, 11) is -3.77. The van der Waals surface area contributed by atoms with Crippen molar-refractivity contribution in [2.24, 2.45) is 0 Å². The quantitative estimate of drug-likeness (QED) is 0.246.